The smallest absolute Gasteiger partial charge is 0.0951 e. The molecule has 0 radical (unpaired) electrons. The second-order valence-corrected chi connectivity index (χ2v) is 5.54. The number of hydrogen-bond donors (Lipinski definition) is 0. The summed E-state index contributed by atoms with van der Waals surface area (Å²) in [6.07, 6.45) is 15.0. The van der Waals surface area contributed by atoms with Gasteiger partial charge in [0.25, 0.3) is 0 Å². The van der Waals surface area contributed by atoms with E-state index in [1.54, 1.807) is 6.20 Å². The summed E-state index contributed by atoms with van der Waals surface area (Å²) in [6, 6.07) is 8.24. The third kappa shape index (κ3) is 3.16. The van der Waals surface area contributed by atoms with Crippen LogP contribution in [0, 0.1) is 0 Å². The number of imidazole rings is 1. The average Bonchev–Trinajstić information content (AvgIpc) is 3.04. The minimum atomic E-state index is -0.0825. The van der Waals surface area contributed by atoms with Crippen molar-refractivity contribution in [3.63, 3.8) is 0 Å². The molecule has 106 valence electrons. The maximum atomic E-state index is 4.22. The number of nitrogens with zero attached hydrogens (tertiary/aromatic N) is 4. The van der Waals surface area contributed by atoms with Gasteiger partial charge in [-0.25, -0.2) is 4.98 Å². The van der Waals surface area contributed by atoms with Gasteiger partial charge in [-0.1, -0.05) is 6.07 Å². The van der Waals surface area contributed by atoms with Crippen LogP contribution in [0.3, 0.4) is 0 Å². The maximum Gasteiger partial charge on any atom is 0.0951 e. The second-order valence-electron chi connectivity index (χ2n) is 5.54. The molecule has 3 heterocycles. The van der Waals surface area contributed by atoms with Crippen LogP contribution in [0.5, 0.6) is 0 Å². The van der Waals surface area contributed by atoms with Crippen molar-refractivity contribution in [1.29, 1.82) is 0 Å². The van der Waals surface area contributed by atoms with Gasteiger partial charge in [-0.2, -0.15) is 0 Å². The van der Waals surface area contributed by atoms with Crippen molar-refractivity contribution >= 4 is 0 Å². The highest BCUT2D eigenvalue weighted by atomic mass is 15.1. The second kappa shape index (κ2) is 5.87. The Balaban J connectivity index is 1.92. The van der Waals surface area contributed by atoms with Gasteiger partial charge in [0, 0.05) is 37.2 Å². The van der Waals surface area contributed by atoms with Gasteiger partial charge in [0.2, 0.25) is 0 Å². The molecule has 4 heteroatoms. The van der Waals surface area contributed by atoms with Crippen LogP contribution in [0.25, 0.3) is 0 Å². The van der Waals surface area contributed by atoms with Crippen molar-refractivity contribution in [2.45, 2.75) is 25.3 Å². The van der Waals surface area contributed by atoms with E-state index in [0.29, 0.717) is 0 Å². The van der Waals surface area contributed by atoms with Crippen molar-refractivity contribution in [3.8, 4) is 0 Å². The molecule has 0 N–H and O–H groups in total. The zero-order valence-electron chi connectivity index (χ0n) is 12.1. The van der Waals surface area contributed by atoms with Gasteiger partial charge >= 0.3 is 0 Å². The fourth-order valence-electron chi connectivity index (χ4n) is 2.71. The van der Waals surface area contributed by atoms with Crippen molar-refractivity contribution in [2.75, 3.05) is 0 Å². The standard InChI is InChI=1S/C17H18N4/c1-17(21-10-9-20-14-21,11-15-4-7-18-8-5-15)12-16-3-2-6-19-13-16/h2-10,13-14H,11-12H2,1H3. The SMILES string of the molecule is CC(Cc1ccncc1)(Cc1cccnc1)n1ccnc1. The lowest BCUT2D eigenvalue weighted by Gasteiger charge is -2.31. The third-order valence-electron chi connectivity index (χ3n) is 3.77. The van der Waals surface area contributed by atoms with Crippen molar-refractivity contribution < 1.29 is 0 Å². The van der Waals surface area contributed by atoms with E-state index < -0.39 is 0 Å². The summed E-state index contributed by atoms with van der Waals surface area (Å²) in [7, 11) is 0. The Labute approximate surface area is 124 Å². The number of aromatic nitrogens is 4. The molecule has 0 aromatic carbocycles. The Bertz CT molecular complexity index is 621. The summed E-state index contributed by atoms with van der Waals surface area (Å²) in [6.45, 7) is 2.25. The predicted molar refractivity (Wildman–Crippen MR) is 81.8 cm³/mol. The van der Waals surface area contributed by atoms with Gasteiger partial charge in [0.1, 0.15) is 0 Å². The molecular formula is C17H18N4. The normalized spacial score (nSPS) is 13.8. The van der Waals surface area contributed by atoms with Crippen LogP contribution < -0.4 is 0 Å². The fraction of sp³-hybridized carbons (Fsp3) is 0.235. The fourth-order valence-corrected chi connectivity index (χ4v) is 2.71. The minimum Gasteiger partial charge on any atom is -0.331 e. The number of pyridine rings is 2. The van der Waals surface area contributed by atoms with Crippen LogP contribution in [-0.2, 0) is 18.4 Å². The molecule has 4 nitrogen and oxygen atoms in total. The zero-order chi connectivity index (χ0) is 14.5. The Hall–Kier alpha value is -2.49. The van der Waals surface area contributed by atoms with Crippen LogP contribution in [0.15, 0.2) is 67.8 Å². The molecular weight excluding hydrogens is 260 g/mol. The Kier molecular flexibility index (Phi) is 3.77. The molecule has 0 aliphatic heterocycles. The van der Waals surface area contributed by atoms with E-state index >= 15 is 0 Å². The summed E-state index contributed by atoms with van der Waals surface area (Å²) in [5.74, 6) is 0. The van der Waals surface area contributed by atoms with E-state index in [1.165, 1.54) is 11.1 Å². The highest BCUT2D eigenvalue weighted by Gasteiger charge is 2.27. The first kappa shape index (κ1) is 13.5. The topological polar surface area (TPSA) is 43.6 Å². The van der Waals surface area contributed by atoms with E-state index in [0.717, 1.165) is 12.8 Å². The summed E-state index contributed by atoms with van der Waals surface area (Å²) in [5, 5.41) is 0. The minimum absolute atomic E-state index is 0.0825. The predicted octanol–water partition coefficient (Wildman–Crippen LogP) is 2.87. The monoisotopic (exact) mass is 278 g/mol. The molecule has 0 spiro atoms. The molecule has 3 aromatic heterocycles. The van der Waals surface area contributed by atoms with E-state index in [2.05, 4.69) is 44.6 Å². The third-order valence-corrected chi connectivity index (χ3v) is 3.77. The maximum absolute atomic E-state index is 4.22. The van der Waals surface area contributed by atoms with Crippen LogP contribution in [0.4, 0.5) is 0 Å². The quantitative estimate of drug-likeness (QED) is 0.721. The molecule has 0 aliphatic rings. The van der Waals surface area contributed by atoms with Gasteiger partial charge < -0.3 is 4.57 Å². The lowest BCUT2D eigenvalue weighted by Crippen LogP contribution is -2.34. The van der Waals surface area contributed by atoms with Gasteiger partial charge in [-0.3, -0.25) is 9.97 Å². The van der Waals surface area contributed by atoms with Crippen LogP contribution in [0.2, 0.25) is 0 Å². The lowest BCUT2D eigenvalue weighted by atomic mass is 9.87. The number of hydrogen-bond acceptors (Lipinski definition) is 3. The summed E-state index contributed by atoms with van der Waals surface area (Å²) >= 11 is 0. The Morgan fingerprint density at radius 2 is 1.71 bits per heavy atom. The molecule has 3 aromatic rings. The largest absolute Gasteiger partial charge is 0.331 e. The van der Waals surface area contributed by atoms with Crippen LogP contribution in [-0.4, -0.2) is 19.5 Å². The van der Waals surface area contributed by atoms with E-state index in [9.17, 15) is 0 Å². The van der Waals surface area contributed by atoms with Crippen molar-refractivity contribution in [2.24, 2.45) is 0 Å². The molecule has 3 rings (SSSR count). The van der Waals surface area contributed by atoms with E-state index in [-0.39, 0.29) is 5.54 Å². The first-order valence-electron chi connectivity index (χ1n) is 7.02. The average molecular weight is 278 g/mol. The molecule has 21 heavy (non-hydrogen) atoms. The number of rotatable bonds is 5. The van der Waals surface area contributed by atoms with E-state index in [4.69, 9.17) is 0 Å². The van der Waals surface area contributed by atoms with Gasteiger partial charge in [-0.05, 0) is 49.1 Å². The molecule has 0 aliphatic carbocycles. The molecule has 1 unspecified atom stereocenters. The first-order valence-corrected chi connectivity index (χ1v) is 7.02. The van der Waals surface area contributed by atoms with Gasteiger partial charge in [0.15, 0.2) is 0 Å². The highest BCUT2D eigenvalue weighted by Crippen LogP contribution is 2.26. The molecule has 0 saturated heterocycles. The van der Waals surface area contributed by atoms with Crippen molar-refractivity contribution in [3.05, 3.63) is 78.9 Å². The van der Waals surface area contributed by atoms with Crippen LogP contribution >= 0.6 is 0 Å². The van der Waals surface area contributed by atoms with Gasteiger partial charge in [0.05, 0.1) is 11.9 Å². The molecule has 0 amide bonds. The lowest BCUT2D eigenvalue weighted by molar-refractivity contribution is 0.311. The summed E-state index contributed by atoms with van der Waals surface area (Å²) in [5.41, 5.74) is 2.41. The van der Waals surface area contributed by atoms with Gasteiger partial charge in [-0.15, -0.1) is 0 Å². The molecule has 1 atom stereocenters. The molecule has 0 fully saturated rings. The van der Waals surface area contributed by atoms with Crippen LogP contribution in [0.1, 0.15) is 18.1 Å². The summed E-state index contributed by atoms with van der Waals surface area (Å²) in [4.78, 5) is 12.5. The highest BCUT2D eigenvalue weighted by molar-refractivity contribution is 5.18. The zero-order valence-corrected chi connectivity index (χ0v) is 12.1. The molecule has 0 bridgehead atoms. The van der Waals surface area contributed by atoms with E-state index in [1.807, 2.05) is 43.4 Å². The van der Waals surface area contributed by atoms with Crippen molar-refractivity contribution in [1.82, 2.24) is 19.5 Å². The first-order chi connectivity index (χ1) is 10.3. The Morgan fingerprint density at radius 3 is 2.38 bits per heavy atom. The molecule has 0 saturated carbocycles. The Morgan fingerprint density at radius 1 is 0.905 bits per heavy atom. The summed E-state index contributed by atoms with van der Waals surface area (Å²) < 4.78 is 2.18.